The van der Waals surface area contributed by atoms with Gasteiger partial charge in [0.05, 0.1) is 38.3 Å². The van der Waals surface area contributed by atoms with E-state index in [0.29, 0.717) is 5.73 Å². The molecule has 0 bridgehead atoms. The summed E-state index contributed by atoms with van der Waals surface area (Å²) in [6.07, 6.45) is 1.26. The normalized spacial score (nSPS) is 27.0. The Kier molecular flexibility index (Phi) is 6.10. The molecule has 0 aliphatic carbocycles. The maximum Gasteiger partial charge on any atom is 0.311 e. The Bertz CT molecular complexity index is 365. The molecule has 2 unspecified atom stereocenters. The summed E-state index contributed by atoms with van der Waals surface area (Å²) in [4.78, 5) is 0. The molecule has 8 heteroatoms. The van der Waals surface area contributed by atoms with Gasteiger partial charge in [0.1, 0.15) is 0 Å². The predicted octanol–water partition coefficient (Wildman–Crippen LogP) is 2.88. The Balaban J connectivity index is 1.80. The summed E-state index contributed by atoms with van der Waals surface area (Å²) in [5, 5.41) is 0. The van der Waals surface area contributed by atoms with Gasteiger partial charge < -0.3 is 22.4 Å². The van der Waals surface area contributed by atoms with Crippen molar-refractivity contribution in [2.24, 2.45) is 0 Å². The zero-order valence-corrected chi connectivity index (χ0v) is 17.9. The minimum atomic E-state index is -2.11. The lowest BCUT2D eigenvalue weighted by Gasteiger charge is -2.38. The van der Waals surface area contributed by atoms with Crippen LogP contribution in [-0.2, 0) is 22.4 Å². The van der Waals surface area contributed by atoms with Gasteiger partial charge in [0.25, 0.3) is 0 Å². The van der Waals surface area contributed by atoms with Crippen LogP contribution in [0, 0.1) is 0 Å². The Morgan fingerprint density at radius 2 is 1.59 bits per heavy atom. The van der Waals surface area contributed by atoms with Gasteiger partial charge in [-0.1, -0.05) is 0 Å². The monoisotopic (exact) mass is 364 g/mol. The fraction of sp³-hybridized carbons (Fsp3) is 1.00. The quantitative estimate of drug-likeness (QED) is 0.489. The Labute approximate surface area is 138 Å². The number of hydrogen-bond acceptors (Lipinski definition) is 5. The highest BCUT2D eigenvalue weighted by Crippen LogP contribution is 2.30. The summed E-state index contributed by atoms with van der Waals surface area (Å²) >= 11 is 0. The molecule has 2 saturated heterocycles. The van der Waals surface area contributed by atoms with Crippen LogP contribution >= 0.6 is 0 Å². The molecule has 0 N–H and O–H groups in total. The van der Waals surface area contributed by atoms with Crippen LogP contribution in [0.25, 0.3) is 0 Å². The van der Waals surface area contributed by atoms with Crippen molar-refractivity contribution < 1.29 is 22.4 Å². The predicted molar refractivity (Wildman–Crippen MR) is 94.3 cm³/mol. The molecule has 0 saturated carbocycles. The molecule has 2 rings (SSSR count). The molecule has 0 aromatic heterocycles. The Morgan fingerprint density at radius 3 is 2.14 bits per heavy atom. The molecule has 0 amide bonds. The first-order chi connectivity index (χ1) is 10.1. The molecule has 130 valence electrons. The highest BCUT2D eigenvalue weighted by atomic mass is 28.5. The summed E-state index contributed by atoms with van der Waals surface area (Å²) in [5.74, 6) is 0. The summed E-state index contributed by atoms with van der Waals surface area (Å²) < 4.78 is 29.7. The van der Waals surface area contributed by atoms with Crippen LogP contribution in [0.15, 0.2) is 0 Å². The molecule has 2 atom stereocenters. The van der Waals surface area contributed by atoms with Crippen molar-refractivity contribution in [1.29, 1.82) is 0 Å². The Hall–Kier alpha value is 0.451. The molecule has 0 spiro atoms. The molecule has 0 aromatic carbocycles. The third-order valence-electron chi connectivity index (χ3n) is 4.09. The van der Waals surface area contributed by atoms with Gasteiger partial charge in [-0.05, 0) is 51.7 Å². The lowest BCUT2D eigenvalue weighted by atomic mass is 10.3. The van der Waals surface area contributed by atoms with E-state index in [4.69, 9.17) is 22.4 Å². The first-order valence-corrected chi connectivity index (χ1v) is 17.2. The second-order valence-corrected chi connectivity index (χ2v) is 20.2. The lowest BCUT2D eigenvalue weighted by molar-refractivity contribution is -0.0890. The highest BCUT2D eigenvalue weighted by Gasteiger charge is 2.48. The SMILES string of the molecule is C[Si](C)(CCC1COCCO1)O[Si](C)(C)O[Si](C)(C)C1CO1. The van der Waals surface area contributed by atoms with Gasteiger partial charge >= 0.3 is 8.56 Å². The summed E-state index contributed by atoms with van der Waals surface area (Å²) in [5.41, 5.74) is 0.362. The zero-order valence-electron chi connectivity index (χ0n) is 14.9. The molecule has 5 nitrogen and oxygen atoms in total. The summed E-state index contributed by atoms with van der Waals surface area (Å²) in [6, 6.07) is 1.09. The molecular formula is C14H32O5Si3. The van der Waals surface area contributed by atoms with Crippen LogP contribution in [0.1, 0.15) is 6.42 Å². The second kappa shape index (κ2) is 7.14. The molecule has 2 aliphatic heterocycles. The smallest absolute Gasteiger partial charge is 0.311 e. The molecule has 22 heavy (non-hydrogen) atoms. The maximum absolute atomic E-state index is 6.57. The summed E-state index contributed by atoms with van der Waals surface area (Å²) in [6.45, 7) is 16.5. The van der Waals surface area contributed by atoms with Gasteiger partial charge in [0.15, 0.2) is 8.32 Å². The Morgan fingerprint density at radius 1 is 0.909 bits per heavy atom. The van der Waals surface area contributed by atoms with E-state index in [9.17, 15) is 0 Å². The van der Waals surface area contributed by atoms with E-state index >= 15 is 0 Å². The van der Waals surface area contributed by atoms with E-state index in [0.717, 1.165) is 38.9 Å². The van der Waals surface area contributed by atoms with E-state index in [1.807, 2.05) is 0 Å². The number of hydrogen-bond donors (Lipinski definition) is 0. The molecule has 2 heterocycles. The molecule has 2 aliphatic rings. The largest absolute Gasteiger partial charge is 0.437 e. The van der Waals surface area contributed by atoms with E-state index in [2.05, 4.69) is 39.3 Å². The van der Waals surface area contributed by atoms with Gasteiger partial charge in [0, 0.05) is 0 Å². The van der Waals surface area contributed by atoms with E-state index in [-0.39, 0.29) is 6.10 Å². The van der Waals surface area contributed by atoms with E-state index < -0.39 is 25.2 Å². The molecule has 0 aromatic rings. The average Bonchev–Trinajstić information content (AvgIpc) is 3.19. The number of ether oxygens (including phenoxy) is 3. The van der Waals surface area contributed by atoms with Gasteiger partial charge in [-0.15, -0.1) is 0 Å². The zero-order chi connectivity index (χ0) is 16.4. The van der Waals surface area contributed by atoms with Crippen molar-refractivity contribution in [1.82, 2.24) is 0 Å². The fourth-order valence-electron chi connectivity index (χ4n) is 3.10. The number of rotatable bonds is 8. The van der Waals surface area contributed by atoms with Crippen LogP contribution in [0.5, 0.6) is 0 Å². The standard InChI is InChI=1S/C14H32O5Si3/c1-20(2,10-7-13-11-15-8-9-16-13)18-22(5,6)19-21(3,4)14-12-17-14/h13-14H,7-12H2,1-6H3. The van der Waals surface area contributed by atoms with Crippen molar-refractivity contribution in [2.45, 2.75) is 63.6 Å². The van der Waals surface area contributed by atoms with Crippen molar-refractivity contribution >= 4 is 25.2 Å². The van der Waals surface area contributed by atoms with Crippen LogP contribution in [0.2, 0.25) is 45.3 Å². The third-order valence-corrected chi connectivity index (χ3v) is 15.7. The van der Waals surface area contributed by atoms with Gasteiger partial charge in [-0.25, -0.2) is 0 Å². The fourth-order valence-corrected chi connectivity index (χ4v) is 16.9. The van der Waals surface area contributed by atoms with Crippen molar-refractivity contribution in [3.05, 3.63) is 0 Å². The van der Waals surface area contributed by atoms with Crippen molar-refractivity contribution in [3.8, 4) is 0 Å². The van der Waals surface area contributed by atoms with Gasteiger partial charge in [0.2, 0.25) is 8.32 Å². The van der Waals surface area contributed by atoms with E-state index in [1.54, 1.807) is 0 Å². The molecule has 2 fully saturated rings. The average molecular weight is 365 g/mol. The number of epoxide rings is 1. The first kappa shape index (κ1) is 18.8. The minimum Gasteiger partial charge on any atom is -0.437 e. The topological polar surface area (TPSA) is 49.5 Å². The van der Waals surface area contributed by atoms with E-state index in [1.165, 1.54) is 0 Å². The minimum absolute atomic E-state index is 0.237. The van der Waals surface area contributed by atoms with Crippen molar-refractivity contribution in [3.63, 3.8) is 0 Å². The van der Waals surface area contributed by atoms with Crippen molar-refractivity contribution in [2.75, 3.05) is 26.4 Å². The van der Waals surface area contributed by atoms with Gasteiger partial charge in [-0.2, -0.15) is 0 Å². The maximum atomic E-state index is 6.57. The van der Waals surface area contributed by atoms with Crippen LogP contribution in [0.3, 0.4) is 0 Å². The second-order valence-electron chi connectivity index (χ2n) is 7.90. The lowest BCUT2D eigenvalue weighted by Crippen LogP contribution is -2.54. The van der Waals surface area contributed by atoms with Gasteiger partial charge in [-0.3, -0.25) is 0 Å². The first-order valence-electron chi connectivity index (χ1n) is 8.31. The third kappa shape index (κ3) is 6.16. The summed E-state index contributed by atoms with van der Waals surface area (Å²) in [7, 11) is -5.63. The van der Waals surface area contributed by atoms with Crippen LogP contribution in [0.4, 0.5) is 0 Å². The van der Waals surface area contributed by atoms with Crippen LogP contribution < -0.4 is 0 Å². The van der Waals surface area contributed by atoms with Crippen LogP contribution in [-0.4, -0.2) is 63.5 Å². The highest BCUT2D eigenvalue weighted by molar-refractivity contribution is 6.88. The molecular weight excluding hydrogens is 332 g/mol. The molecule has 0 radical (unpaired) electrons.